The zero-order valence-corrected chi connectivity index (χ0v) is 25.8. The van der Waals surface area contributed by atoms with Crippen LogP contribution in [0.1, 0.15) is 31.2 Å². The fourth-order valence-corrected chi connectivity index (χ4v) is 8.81. The van der Waals surface area contributed by atoms with E-state index in [1.807, 2.05) is 18.2 Å². The highest BCUT2D eigenvalue weighted by Gasteiger charge is 2.67. The molecule has 4 amide bonds. The summed E-state index contributed by atoms with van der Waals surface area (Å²) in [6, 6.07) is 20.2. The number of benzene rings is 3. The number of morpholine rings is 1. The van der Waals surface area contributed by atoms with Gasteiger partial charge in [-0.05, 0) is 79.8 Å². The van der Waals surface area contributed by atoms with Crippen molar-refractivity contribution in [2.24, 2.45) is 29.1 Å². The Hall–Kier alpha value is -4.83. The van der Waals surface area contributed by atoms with Crippen molar-refractivity contribution in [1.82, 2.24) is 0 Å². The van der Waals surface area contributed by atoms with Crippen molar-refractivity contribution in [2.45, 2.75) is 25.7 Å². The van der Waals surface area contributed by atoms with Crippen molar-refractivity contribution in [2.75, 3.05) is 41.0 Å². The summed E-state index contributed by atoms with van der Waals surface area (Å²) in [6.07, 6.45) is 2.42. The van der Waals surface area contributed by atoms with E-state index in [2.05, 4.69) is 4.90 Å². The van der Waals surface area contributed by atoms with E-state index in [4.69, 9.17) is 4.74 Å². The smallest absolute Gasteiger partial charge is 0.241 e. The maximum absolute atomic E-state index is 14.9. The second-order valence-electron chi connectivity index (χ2n) is 13.3. The molecule has 3 aromatic carbocycles. The van der Waals surface area contributed by atoms with Gasteiger partial charge in [0, 0.05) is 24.7 Å². The van der Waals surface area contributed by atoms with Gasteiger partial charge in [-0.3, -0.25) is 24.1 Å². The molecule has 9 nitrogen and oxygen atoms in total. The Morgan fingerprint density at radius 3 is 2.19 bits per heavy atom. The van der Waals surface area contributed by atoms with Gasteiger partial charge in [0.05, 0.1) is 47.8 Å². The second kappa shape index (κ2) is 10.9. The maximum atomic E-state index is 14.9. The highest BCUT2D eigenvalue weighted by Crippen LogP contribution is 2.63. The number of nitrogens with zero attached hydrogens (tertiary/aromatic N) is 3. The third kappa shape index (κ3) is 4.30. The molecule has 0 aromatic heterocycles. The minimum Gasteiger partial charge on any atom is -0.505 e. The molecule has 3 aliphatic heterocycles. The Kier molecular flexibility index (Phi) is 6.84. The van der Waals surface area contributed by atoms with Gasteiger partial charge in [0.25, 0.3) is 0 Å². The largest absolute Gasteiger partial charge is 0.505 e. The molecule has 10 heteroatoms. The lowest BCUT2D eigenvalue weighted by molar-refractivity contribution is -0.131. The highest BCUT2D eigenvalue weighted by molar-refractivity contribution is 6.25. The lowest BCUT2D eigenvalue weighted by atomic mass is 9.51. The van der Waals surface area contributed by atoms with Crippen LogP contribution in [0.5, 0.6) is 5.75 Å². The predicted molar refractivity (Wildman–Crippen MR) is 171 cm³/mol. The van der Waals surface area contributed by atoms with Crippen molar-refractivity contribution in [3.8, 4) is 5.75 Å². The molecule has 240 valence electrons. The number of rotatable bonds is 4. The highest BCUT2D eigenvalue weighted by atomic mass is 19.1. The summed E-state index contributed by atoms with van der Waals surface area (Å²) in [5, 5.41) is 10.0. The number of para-hydroxylation sites is 1. The summed E-state index contributed by atoms with van der Waals surface area (Å²) in [5.74, 6) is -6.17. The second-order valence-corrected chi connectivity index (χ2v) is 13.3. The first-order chi connectivity index (χ1) is 22.7. The standard InChI is InChI=1S/C37H34FN3O6/c1-37-28(34(44)41(36(37)46)23-5-3-2-4-6-23)20-27-25(32(37)21-7-14-30(42)29(38)19-21)12-13-26-31(27)35(45)40(33(26)43)24-10-8-22(9-11-24)39-15-17-47-18-16-39/h2-12,14,19,26-28,31-32,42H,13,15-18,20H2,1H3. The Morgan fingerprint density at radius 2 is 1.49 bits per heavy atom. The molecule has 1 saturated carbocycles. The Morgan fingerprint density at radius 1 is 0.809 bits per heavy atom. The molecule has 8 rings (SSSR count). The van der Waals surface area contributed by atoms with Gasteiger partial charge in [0.2, 0.25) is 23.6 Å². The fraction of sp³-hybridized carbons (Fsp3) is 0.351. The number of amides is 4. The van der Waals surface area contributed by atoms with Crippen molar-refractivity contribution in [3.05, 3.63) is 95.8 Å². The van der Waals surface area contributed by atoms with Crippen molar-refractivity contribution in [1.29, 1.82) is 0 Å². The number of phenolic OH excluding ortho intramolecular Hbond substituents is 1. The van der Waals surface area contributed by atoms with E-state index in [0.29, 0.717) is 30.2 Å². The summed E-state index contributed by atoms with van der Waals surface area (Å²) in [5.41, 5.74) is 1.84. The van der Waals surface area contributed by atoms with E-state index >= 15 is 0 Å². The number of hydrogen-bond acceptors (Lipinski definition) is 7. The van der Waals surface area contributed by atoms with Crippen molar-refractivity contribution < 1.29 is 33.4 Å². The number of hydrogen-bond donors (Lipinski definition) is 1. The van der Waals surface area contributed by atoms with Crippen LogP contribution in [-0.4, -0.2) is 55.0 Å². The van der Waals surface area contributed by atoms with Crippen LogP contribution in [0.4, 0.5) is 21.5 Å². The van der Waals surface area contributed by atoms with E-state index in [0.717, 1.165) is 24.4 Å². The van der Waals surface area contributed by atoms with Crippen LogP contribution in [0.2, 0.25) is 0 Å². The van der Waals surface area contributed by atoms with E-state index in [1.165, 1.54) is 21.9 Å². The third-order valence-corrected chi connectivity index (χ3v) is 11.1. The van der Waals surface area contributed by atoms with Crippen LogP contribution in [0.3, 0.4) is 0 Å². The summed E-state index contributed by atoms with van der Waals surface area (Å²) >= 11 is 0. The lowest BCUT2D eigenvalue weighted by Crippen LogP contribution is -2.48. The summed E-state index contributed by atoms with van der Waals surface area (Å²) < 4.78 is 20.4. The van der Waals surface area contributed by atoms with Gasteiger partial charge in [-0.25, -0.2) is 9.29 Å². The van der Waals surface area contributed by atoms with Crippen LogP contribution in [0.25, 0.3) is 0 Å². The van der Waals surface area contributed by atoms with Crippen LogP contribution in [-0.2, 0) is 23.9 Å². The predicted octanol–water partition coefficient (Wildman–Crippen LogP) is 4.80. The Balaban J connectivity index is 1.19. The van der Waals surface area contributed by atoms with Crippen molar-refractivity contribution in [3.63, 3.8) is 0 Å². The summed E-state index contributed by atoms with van der Waals surface area (Å²) in [7, 11) is 0. The normalized spacial score (nSPS) is 30.3. The molecule has 5 aliphatic rings. The fourth-order valence-electron chi connectivity index (χ4n) is 8.81. The van der Waals surface area contributed by atoms with E-state index in [1.54, 1.807) is 55.5 Å². The Labute approximate surface area is 271 Å². The molecule has 1 N–H and O–H groups in total. The molecular formula is C37H34FN3O6. The molecule has 47 heavy (non-hydrogen) atoms. The monoisotopic (exact) mass is 635 g/mol. The molecule has 0 bridgehead atoms. The van der Waals surface area contributed by atoms with Gasteiger partial charge in [0.15, 0.2) is 11.6 Å². The molecule has 6 unspecified atom stereocenters. The molecule has 3 aromatic rings. The average molecular weight is 636 g/mol. The number of ether oxygens (including phenoxy) is 1. The zero-order valence-electron chi connectivity index (χ0n) is 25.8. The Bertz CT molecular complexity index is 1840. The third-order valence-electron chi connectivity index (χ3n) is 11.1. The number of allylic oxidation sites excluding steroid dienone is 2. The molecule has 3 heterocycles. The van der Waals surface area contributed by atoms with Gasteiger partial charge in [-0.15, -0.1) is 0 Å². The van der Waals surface area contributed by atoms with Crippen LogP contribution in [0, 0.1) is 34.9 Å². The molecular weight excluding hydrogens is 601 g/mol. The zero-order chi connectivity index (χ0) is 32.6. The van der Waals surface area contributed by atoms with Gasteiger partial charge in [0.1, 0.15) is 0 Å². The lowest BCUT2D eigenvalue weighted by Gasteiger charge is -2.49. The molecule has 4 fully saturated rings. The molecule has 0 radical (unpaired) electrons. The van der Waals surface area contributed by atoms with E-state index in [-0.39, 0.29) is 30.6 Å². The van der Waals surface area contributed by atoms with Gasteiger partial charge >= 0.3 is 0 Å². The maximum Gasteiger partial charge on any atom is 0.241 e. The van der Waals surface area contributed by atoms with Crippen LogP contribution in [0.15, 0.2) is 84.4 Å². The number of halogens is 1. The van der Waals surface area contributed by atoms with Crippen molar-refractivity contribution >= 4 is 40.7 Å². The number of aromatic hydroxyl groups is 1. The number of phenols is 1. The van der Waals surface area contributed by atoms with Crippen LogP contribution >= 0.6 is 0 Å². The first kappa shape index (κ1) is 29.6. The SMILES string of the molecule is CC12C(=O)N(c3ccccc3)C(=O)C1CC1C(=CCC3C(=O)N(c4ccc(N5CCOCC5)cc4)C(=O)C31)C2c1ccc(O)c(F)c1. The summed E-state index contributed by atoms with van der Waals surface area (Å²) in [4.78, 5) is 61.6. The molecule has 6 atom stereocenters. The molecule has 0 spiro atoms. The first-order valence-electron chi connectivity index (χ1n) is 16.1. The number of carbonyl (C=O) groups excluding carboxylic acids is 4. The van der Waals surface area contributed by atoms with Gasteiger partial charge in [-0.2, -0.15) is 0 Å². The number of anilines is 3. The van der Waals surface area contributed by atoms with Gasteiger partial charge in [-0.1, -0.05) is 35.9 Å². The minimum atomic E-state index is -1.29. The summed E-state index contributed by atoms with van der Waals surface area (Å²) in [6.45, 7) is 4.55. The average Bonchev–Trinajstić information content (AvgIpc) is 3.46. The topological polar surface area (TPSA) is 107 Å². The quantitative estimate of drug-likeness (QED) is 0.324. The number of carbonyl (C=O) groups is 4. The first-order valence-corrected chi connectivity index (χ1v) is 16.1. The number of fused-ring (bicyclic) bond motifs is 4. The van der Waals surface area contributed by atoms with E-state index < -0.39 is 52.5 Å². The van der Waals surface area contributed by atoms with Gasteiger partial charge < -0.3 is 14.7 Å². The number of imide groups is 2. The molecule has 3 saturated heterocycles. The van der Waals surface area contributed by atoms with E-state index in [9.17, 15) is 28.7 Å². The van der Waals surface area contributed by atoms with Crippen LogP contribution < -0.4 is 14.7 Å². The minimum absolute atomic E-state index is 0.206. The molecule has 2 aliphatic carbocycles.